The number of likely N-dealkylation sites (N-methyl/N-ethyl adjacent to an activating group) is 1. The van der Waals surface area contributed by atoms with Crippen molar-refractivity contribution >= 4 is 41.1 Å². The Morgan fingerprint density at radius 1 is 1.16 bits per heavy atom. The molecule has 2 N–H and O–H groups in total. The Labute approximate surface area is 195 Å². The minimum atomic E-state index is -0.919. The maximum atomic E-state index is 13.6. The molecule has 0 spiro atoms. The van der Waals surface area contributed by atoms with Gasteiger partial charge in [0.25, 0.3) is 0 Å². The Hall–Kier alpha value is -1.64. The van der Waals surface area contributed by atoms with Crippen molar-refractivity contribution in [3.8, 4) is 6.07 Å². The van der Waals surface area contributed by atoms with Gasteiger partial charge in [-0.15, -0.1) is 23.5 Å². The van der Waals surface area contributed by atoms with Gasteiger partial charge in [-0.3, -0.25) is 24.2 Å². The number of carbonyl (C=O) groups is 3. The first-order chi connectivity index (χ1) is 15.3. The molecular formula is C22H27N3O5S2. The van der Waals surface area contributed by atoms with Crippen LogP contribution < -0.4 is 0 Å². The van der Waals surface area contributed by atoms with Crippen molar-refractivity contribution in [2.45, 2.75) is 56.9 Å². The van der Waals surface area contributed by atoms with Crippen LogP contribution in [0.2, 0.25) is 0 Å². The van der Waals surface area contributed by atoms with E-state index in [0.717, 1.165) is 0 Å². The lowest BCUT2D eigenvalue weighted by Gasteiger charge is -2.54. The number of rotatable bonds is 6. The van der Waals surface area contributed by atoms with E-state index in [1.54, 1.807) is 0 Å². The fourth-order valence-electron chi connectivity index (χ4n) is 5.97. The van der Waals surface area contributed by atoms with Crippen molar-refractivity contribution in [1.82, 2.24) is 9.80 Å². The molecule has 0 aromatic rings. The van der Waals surface area contributed by atoms with Gasteiger partial charge in [0.05, 0.1) is 34.4 Å². The van der Waals surface area contributed by atoms with E-state index in [4.69, 9.17) is 0 Å². The van der Waals surface area contributed by atoms with Gasteiger partial charge < -0.3 is 10.2 Å². The number of Topliss-reactive ketones (excluding diaryl/α,β-unsaturated/α-hetero) is 2. The van der Waals surface area contributed by atoms with Crippen LogP contribution in [-0.2, 0) is 14.4 Å². The highest BCUT2D eigenvalue weighted by atomic mass is 32.2. The molecule has 2 bridgehead atoms. The summed E-state index contributed by atoms with van der Waals surface area (Å²) in [4.78, 5) is 43.9. The van der Waals surface area contributed by atoms with Gasteiger partial charge >= 0.3 is 5.97 Å². The van der Waals surface area contributed by atoms with Gasteiger partial charge in [0.1, 0.15) is 6.04 Å². The first-order valence-electron chi connectivity index (χ1n) is 10.9. The smallest absolute Gasteiger partial charge is 0.308 e. The summed E-state index contributed by atoms with van der Waals surface area (Å²) < 4.78 is 0. The second-order valence-corrected chi connectivity index (χ2v) is 11.0. The van der Waals surface area contributed by atoms with E-state index in [1.807, 2.05) is 30.7 Å². The molecule has 0 aromatic heterocycles. The lowest BCUT2D eigenvalue weighted by atomic mass is 9.76. The van der Waals surface area contributed by atoms with E-state index in [2.05, 4.69) is 6.07 Å². The largest absolute Gasteiger partial charge is 0.481 e. The van der Waals surface area contributed by atoms with Gasteiger partial charge in [0.15, 0.2) is 11.6 Å². The monoisotopic (exact) mass is 477 g/mol. The Morgan fingerprint density at radius 2 is 1.78 bits per heavy atom. The topological polar surface area (TPSA) is 122 Å². The van der Waals surface area contributed by atoms with Crippen LogP contribution >= 0.6 is 23.5 Å². The van der Waals surface area contributed by atoms with E-state index in [1.165, 1.54) is 23.5 Å². The number of ketones is 2. The molecule has 4 aliphatic rings. The number of aliphatic hydroxyl groups excluding tert-OH is 1. The SMILES string of the molecule is CCSC1=C(SCC)C(=O)C2=C(C[C@H]3[C@H]4[C@H](C(=O)O)C[C@@H](C(C#N)N3[C@H]2CO)N4C)C1=O. The number of allylic oxidation sites excluding steroid dienone is 2. The Morgan fingerprint density at radius 3 is 2.31 bits per heavy atom. The van der Waals surface area contributed by atoms with Crippen LogP contribution in [0.1, 0.15) is 26.7 Å². The first kappa shape index (κ1) is 23.5. The van der Waals surface area contributed by atoms with Gasteiger partial charge in [-0.25, -0.2) is 0 Å². The molecule has 6 atom stereocenters. The van der Waals surface area contributed by atoms with Gasteiger partial charge in [-0.05, 0) is 31.4 Å². The standard InChI is InChI=1S/C22H27N3O5S2/c1-4-31-20-18(27)10-6-13-17-11(22(29)30)7-12(24(17)3)14(8-23)25(13)15(9-26)16(10)19(28)21(20)32-5-2/h11-15,17,26H,4-7,9H2,1-3H3,(H,29,30)/t11-,12+,13+,14?,15+,17-/m1/s1. The molecule has 0 radical (unpaired) electrons. The Balaban J connectivity index is 1.85. The molecule has 0 saturated carbocycles. The quantitative estimate of drug-likeness (QED) is 0.541. The molecule has 1 unspecified atom stereocenters. The fourth-order valence-corrected chi connectivity index (χ4v) is 7.84. The van der Waals surface area contributed by atoms with E-state index < -0.39 is 42.7 Å². The molecule has 0 amide bonds. The molecule has 2 fully saturated rings. The van der Waals surface area contributed by atoms with Gasteiger partial charge in [-0.2, -0.15) is 5.26 Å². The van der Waals surface area contributed by atoms with Crippen molar-refractivity contribution < 1.29 is 24.6 Å². The van der Waals surface area contributed by atoms with Gasteiger partial charge in [-0.1, -0.05) is 13.8 Å². The van der Waals surface area contributed by atoms with Crippen molar-refractivity contribution in [3.05, 3.63) is 21.0 Å². The predicted molar refractivity (Wildman–Crippen MR) is 122 cm³/mol. The second kappa shape index (κ2) is 8.95. The average molecular weight is 478 g/mol. The van der Waals surface area contributed by atoms with Crippen LogP contribution in [0.25, 0.3) is 0 Å². The number of piperazine rings is 1. The number of nitriles is 1. The predicted octanol–water partition coefficient (Wildman–Crippen LogP) is 1.27. The third kappa shape index (κ3) is 3.29. The van der Waals surface area contributed by atoms with Crippen LogP contribution in [0.5, 0.6) is 0 Å². The molecule has 172 valence electrons. The molecule has 10 heteroatoms. The zero-order valence-corrected chi connectivity index (χ0v) is 19.9. The molecule has 1 aliphatic carbocycles. The summed E-state index contributed by atoms with van der Waals surface area (Å²) in [5.74, 6) is -0.733. The third-order valence-electron chi connectivity index (χ3n) is 7.13. The summed E-state index contributed by atoms with van der Waals surface area (Å²) in [6.45, 7) is 3.44. The number of carbonyl (C=O) groups excluding carboxylic acids is 2. The summed E-state index contributed by atoms with van der Waals surface area (Å²) in [6, 6.07) is -0.295. The summed E-state index contributed by atoms with van der Waals surface area (Å²) >= 11 is 2.69. The average Bonchev–Trinajstić information content (AvgIpc) is 3.02. The molecule has 8 nitrogen and oxygen atoms in total. The number of hydrogen-bond donors (Lipinski definition) is 2. The minimum absolute atomic E-state index is 0.191. The minimum Gasteiger partial charge on any atom is -0.481 e. The molecular weight excluding hydrogens is 450 g/mol. The van der Waals surface area contributed by atoms with Crippen molar-refractivity contribution in [1.29, 1.82) is 5.26 Å². The van der Waals surface area contributed by atoms with Crippen LogP contribution in [-0.4, -0.2) is 92.9 Å². The molecule has 3 heterocycles. The maximum absolute atomic E-state index is 13.6. The highest BCUT2D eigenvalue weighted by Crippen LogP contribution is 2.50. The third-order valence-corrected chi connectivity index (χ3v) is 9.20. The first-order valence-corrected chi connectivity index (χ1v) is 12.8. The zero-order valence-electron chi connectivity index (χ0n) is 18.3. The number of aliphatic hydroxyl groups is 1. The van der Waals surface area contributed by atoms with Crippen LogP contribution in [0.4, 0.5) is 0 Å². The van der Waals surface area contributed by atoms with Crippen molar-refractivity contribution in [2.75, 3.05) is 25.2 Å². The van der Waals surface area contributed by atoms with E-state index >= 15 is 0 Å². The highest BCUT2D eigenvalue weighted by Gasteiger charge is 2.61. The fraction of sp³-hybridized carbons (Fsp3) is 0.636. The summed E-state index contributed by atoms with van der Waals surface area (Å²) in [6.07, 6.45) is 0.538. The number of fused-ring (bicyclic) bond motifs is 4. The van der Waals surface area contributed by atoms with E-state index in [0.29, 0.717) is 38.9 Å². The van der Waals surface area contributed by atoms with Crippen LogP contribution in [0, 0.1) is 17.2 Å². The van der Waals surface area contributed by atoms with Crippen LogP contribution in [0.15, 0.2) is 21.0 Å². The van der Waals surface area contributed by atoms with E-state index in [-0.39, 0.29) is 24.0 Å². The van der Waals surface area contributed by atoms with Gasteiger partial charge in [0, 0.05) is 29.3 Å². The number of carboxylic acids is 1. The molecule has 0 aromatic carbocycles. The molecule has 4 rings (SSSR count). The van der Waals surface area contributed by atoms with Gasteiger partial charge in [0.2, 0.25) is 0 Å². The normalized spacial score (nSPS) is 35.1. The lowest BCUT2D eigenvalue weighted by Crippen LogP contribution is -2.69. The second-order valence-electron chi connectivity index (χ2n) is 8.47. The lowest BCUT2D eigenvalue weighted by molar-refractivity contribution is -0.144. The van der Waals surface area contributed by atoms with Crippen molar-refractivity contribution in [2.24, 2.45) is 5.92 Å². The molecule has 32 heavy (non-hydrogen) atoms. The summed E-state index contributed by atoms with van der Waals surface area (Å²) in [5, 5.41) is 30.3. The Bertz CT molecular complexity index is 971. The summed E-state index contributed by atoms with van der Waals surface area (Å²) in [7, 11) is 1.83. The highest BCUT2D eigenvalue weighted by molar-refractivity contribution is 8.08. The summed E-state index contributed by atoms with van der Waals surface area (Å²) in [5.41, 5.74) is 0.674. The van der Waals surface area contributed by atoms with E-state index in [9.17, 15) is 29.9 Å². The zero-order chi connectivity index (χ0) is 23.3. The van der Waals surface area contributed by atoms with Crippen LogP contribution in [0.3, 0.4) is 0 Å². The molecule has 2 saturated heterocycles. The number of hydrogen-bond acceptors (Lipinski definition) is 9. The number of nitrogens with zero attached hydrogens (tertiary/aromatic N) is 3. The number of thioether (sulfide) groups is 2. The number of aliphatic carboxylic acids is 1. The van der Waals surface area contributed by atoms with Crippen molar-refractivity contribution in [3.63, 3.8) is 0 Å². The maximum Gasteiger partial charge on any atom is 0.308 e. The number of carboxylic acid groups (broad SMARTS) is 1. The Kier molecular flexibility index (Phi) is 6.58. The molecule has 3 aliphatic heterocycles.